The van der Waals surface area contributed by atoms with E-state index in [1.807, 2.05) is 55.5 Å². The van der Waals surface area contributed by atoms with Crippen molar-refractivity contribution in [1.82, 2.24) is 9.55 Å². The van der Waals surface area contributed by atoms with Crippen molar-refractivity contribution in [1.29, 1.82) is 5.26 Å². The van der Waals surface area contributed by atoms with Gasteiger partial charge in [-0.15, -0.1) is 0 Å². The number of nitrogens with zero attached hydrogens (tertiary/aromatic N) is 3. The number of anilines is 1. The van der Waals surface area contributed by atoms with Crippen LogP contribution in [-0.2, 0) is 0 Å². The molecular formula is C18H15N5. The molecule has 1 aliphatic heterocycles. The second-order valence-electron chi connectivity index (χ2n) is 5.66. The molecule has 5 nitrogen and oxygen atoms in total. The molecule has 3 N–H and O–H groups in total. The van der Waals surface area contributed by atoms with Crippen molar-refractivity contribution < 1.29 is 0 Å². The zero-order valence-corrected chi connectivity index (χ0v) is 12.6. The normalized spacial score (nSPS) is 16.8. The third kappa shape index (κ3) is 1.96. The van der Waals surface area contributed by atoms with Crippen LogP contribution in [0.1, 0.15) is 17.2 Å². The van der Waals surface area contributed by atoms with Gasteiger partial charge in [-0.2, -0.15) is 5.26 Å². The number of aryl methyl sites for hydroxylation is 1. The molecule has 0 saturated heterocycles. The third-order valence-corrected chi connectivity index (χ3v) is 4.17. The van der Waals surface area contributed by atoms with Crippen molar-refractivity contribution in [3.8, 4) is 6.07 Å². The first-order valence-corrected chi connectivity index (χ1v) is 7.40. The molecule has 0 amide bonds. The number of benzene rings is 2. The van der Waals surface area contributed by atoms with Crippen molar-refractivity contribution in [2.45, 2.75) is 13.0 Å². The molecule has 0 aliphatic carbocycles. The largest absolute Gasteiger partial charge is 0.384 e. The predicted octanol–water partition coefficient (Wildman–Crippen LogP) is 3.16. The first-order chi connectivity index (χ1) is 11.2. The summed E-state index contributed by atoms with van der Waals surface area (Å²) in [7, 11) is 0. The number of nitrogens with one attached hydrogen (secondary N) is 1. The number of aromatic nitrogens is 2. The lowest BCUT2D eigenvalue weighted by molar-refractivity contribution is 0.856. The van der Waals surface area contributed by atoms with Crippen LogP contribution in [0.2, 0.25) is 0 Å². The molecule has 0 saturated carbocycles. The van der Waals surface area contributed by atoms with Crippen LogP contribution in [0.15, 0.2) is 54.1 Å². The van der Waals surface area contributed by atoms with Crippen molar-refractivity contribution >= 4 is 22.8 Å². The molecule has 1 unspecified atom stereocenters. The van der Waals surface area contributed by atoms with Crippen LogP contribution in [0.3, 0.4) is 0 Å². The summed E-state index contributed by atoms with van der Waals surface area (Å²) in [6.07, 6.45) is 0. The summed E-state index contributed by atoms with van der Waals surface area (Å²) in [5.41, 5.74) is 10.7. The van der Waals surface area contributed by atoms with Gasteiger partial charge in [-0.05, 0) is 24.6 Å². The topological polar surface area (TPSA) is 79.7 Å². The maximum Gasteiger partial charge on any atom is 0.210 e. The van der Waals surface area contributed by atoms with Gasteiger partial charge in [0.05, 0.1) is 22.6 Å². The Morgan fingerprint density at radius 1 is 1.17 bits per heavy atom. The number of para-hydroxylation sites is 2. The van der Waals surface area contributed by atoms with E-state index in [2.05, 4.69) is 16.4 Å². The molecule has 23 heavy (non-hydrogen) atoms. The smallest absolute Gasteiger partial charge is 0.210 e. The highest BCUT2D eigenvalue weighted by Gasteiger charge is 2.29. The number of imidazole rings is 1. The molecule has 0 fully saturated rings. The van der Waals surface area contributed by atoms with Crippen molar-refractivity contribution in [3.63, 3.8) is 0 Å². The maximum absolute atomic E-state index is 9.62. The standard InChI is InChI=1S/C18H15N5/c1-11-6-8-12(9-7-11)16-13(10-19)17(20)23-15-5-3-2-4-14(15)21-18(23)22-16/h2-9,16H,20H2,1H3,(H,21,22). The molecule has 0 radical (unpaired) electrons. The Labute approximate surface area is 133 Å². The van der Waals surface area contributed by atoms with E-state index in [-0.39, 0.29) is 6.04 Å². The van der Waals surface area contributed by atoms with E-state index in [1.54, 1.807) is 4.57 Å². The molecule has 5 heteroatoms. The highest BCUT2D eigenvalue weighted by Crippen LogP contribution is 2.36. The maximum atomic E-state index is 9.62. The fraction of sp³-hybridized carbons (Fsp3) is 0.111. The van der Waals surface area contributed by atoms with E-state index in [4.69, 9.17) is 5.73 Å². The minimum Gasteiger partial charge on any atom is -0.384 e. The van der Waals surface area contributed by atoms with Crippen LogP contribution in [0.5, 0.6) is 0 Å². The van der Waals surface area contributed by atoms with Crippen molar-refractivity contribution in [2.75, 3.05) is 5.32 Å². The van der Waals surface area contributed by atoms with E-state index in [9.17, 15) is 5.26 Å². The molecule has 1 atom stereocenters. The lowest BCUT2D eigenvalue weighted by Crippen LogP contribution is -2.26. The Bertz CT molecular complexity index is 973. The molecule has 112 valence electrons. The SMILES string of the molecule is Cc1ccc(C2Nc3nc4ccccc4n3C(N)=C2C#N)cc1. The first-order valence-electron chi connectivity index (χ1n) is 7.40. The van der Waals surface area contributed by atoms with Gasteiger partial charge in [0.2, 0.25) is 5.95 Å². The van der Waals surface area contributed by atoms with E-state index in [0.717, 1.165) is 16.6 Å². The van der Waals surface area contributed by atoms with Crippen molar-refractivity contribution in [3.05, 3.63) is 65.2 Å². The van der Waals surface area contributed by atoms with Gasteiger partial charge in [0.15, 0.2) is 0 Å². The Morgan fingerprint density at radius 3 is 2.65 bits per heavy atom. The van der Waals surface area contributed by atoms with E-state index in [1.165, 1.54) is 5.56 Å². The van der Waals surface area contributed by atoms with Crippen LogP contribution in [0.25, 0.3) is 16.9 Å². The molecule has 2 aromatic carbocycles. The Morgan fingerprint density at radius 2 is 1.91 bits per heavy atom. The van der Waals surface area contributed by atoms with E-state index >= 15 is 0 Å². The van der Waals surface area contributed by atoms with Gasteiger partial charge >= 0.3 is 0 Å². The summed E-state index contributed by atoms with van der Waals surface area (Å²) in [4.78, 5) is 4.59. The van der Waals surface area contributed by atoms with Crippen LogP contribution < -0.4 is 11.1 Å². The fourth-order valence-electron chi connectivity index (χ4n) is 2.97. The fourth-order valence-corrected chi connectivity index (χ4v) is 2.97. The molecule has 2 heterocycles. The second kappa shape index (κ2) is 4.89. The Kier molecular flexibility index (Phi) is 2.85. The minimum absolute atomic E-state index is 0.287. The van der Waals surface area contributed by atoms with E-state index < -0.39 is 0 Å². The molecule has 0 bridgehead atoms. The number of hydrogen-bond donors (Lipinski definition) is 2. The highest BCUT2D eigenvalue weighted by atomic mass is 15.3. The summed E-state index contributed by atoms with van der Waals surface area (Å²) >= 11 is 0. The van der Waals surface area contributed by atoms with Gasteiger partial charge in [0.25, 0.3) is 0 Å². The van der Waals surface area contributed by atoms with E-state index in [0.29, 0.717) is 17.3 Å². The number of nitrogens with two attached hydrogens (primary N) is 1. The molecule has 0 spiro atoms. The van der Waals surface area contributed by atoms with Crippen LogP contribution in [0.4, 0.5) is 5.95 Å². The summed E-state index contributed by atoms with van der Waals surface area (Å²) in [5, 5.41) is 13.0. The lowest BCUT2D eigenvalue weighted by Gasteiger charge is -2.26. The molecule has 4 rings (SSSR count). The van der Waals surface area contributed by atoms with Gasteiger partial charge in [0, 0.05) is 0 Å². The zero-order chi connectivity index (χ0) is 16.0. The van der Waals surface area contributed by atoms with Crippen molar-refractivity contribution in [2.24, 2.45) is 5.73 Å². The Hall–Kier alpha value is -3.26. The number of rotatable bonds is 1. The van der Waals surface area contributed by atoms with Crippen LogP contribution in [-0.4, -0.2) is 9.55 Å². The second-order valence-corrected chi connectivity index (χ2v) is 5.66. The number of nitriles is 1. The molecule has 1 aliphatic rings. The Balaban J connectivity index is 1.92. The van der Waals surface area contributed by atoms with Crippen LogP contribution >= 0.6 is 0 Å². The molecule has 3 aromatic rings. The molecular weight excluding hydrogens is 286 g/mol. The highest BCUT2D eigenvalue weighted by molar-refractivity contribution is 5.85. The van der Waals surface area contributed by atoms with Crippen LogP contribution in [0, 0.1) is 18.3 Å². The third-order valence-electron chi connectivity index (χ3n) is 4.17. The van der Waals surface area contributed by atoms with Gasteiger partial charge in [-0.3, -0.25) is 4.57 Å². The number of fused-ring (bicyclic) bond motifs is 3. The minimum atomic E-state index is -0.287. The summed E-state index contributed by atoms with van der Waals surface area (Å²) in [6.45, 7) is 2.03. The van der Waals surface area contributed by atoms with Gasteiger partial charge in [0.1, 0.15) is 11.9 Å². The average molecular weight is 301 g/mol. The summed E-state index contributed by atoms with van der Waals surface area (Å²) in [6, 6.07) is 17.8. The zero-order valence-electron chi connectivity index (χ0n) is 12.6. The average Bonchev–Trinajstić information content (AvgIpc) is 2.94. The quantitative estimate of drug-likeness (QED) is 0.723. The van der Waals surface area contributed by atoms with Gasteiger partial charge < -0.3 is 11.1 Å². The molecule has 1 aromatic heterocycles. The summed E-state index contributed by atoms with van der Waals surface area (Å²) < 4.78 is 1.80. The lowest BCUT2D eigenvalue weighted by atomic mass is 9.97. The number of hydrogen-bond acceptors (Lipinski definition) is 4. The summed E-state index contributed by atoms with van der Waals surface area (Å²) in [5.74, 6) is 1.09. The van der Waals surface area contributed by atoms with Gasteiger partial charge in [-0.1, -0.05) is 42.0 Å². The monoisotopic (exact) mass is 301 g/mol. The first kappa shape index (κ1) is 13.4. The predicted molar refractivity (Wildman–Crippen MR) is 90.3 cm³/mol. The van der Waals surface area contributed by atoms with Gasteiger partial charge in [-0.25, -0.2) is 4.98 Å².